The fraction of sp³-hybridized carbons (Fsp3) is 0.471. The second-order valence-electron chi connectivity index (χ2n) is 5.88. The van der Waals surface area contributed by atoms with Crippen molar-refractivity contribution in [2.24, 2.45) is 0 Å². The molecule has 1 aromatic rings. The average Bonchev–Trinajstić information content (AvgIpc) is 2.69. The summed E-state index contributed by atoms with van der Waals surface area (Å²) < 4.78 is 56.9. The Morgan fingerprint density at radius 2 is 1.93 bits per heavy atom. The molecule has 1 aromatic carbocycles. The number of ether oxygens (including phenoxy) is 3. The molecule has 0 N–H and O–H groups in total. The maximum absolute atomic E-state index is 14.3. The highest BCUT2D eigenvalue weighted by Gasteiger charge is 2.33. The number of benzene rings is 1. The number of carbonyl (C=O) groups excluding carboxylic acids is 3. The summed E-state index contributed by atoms with van der Waals surface area (Å²) in [7, 11) is 2.15. The van der Waals surface area contributed by atoms with Gasteiger partial charge in [0.25, 0.3) is 0 Å². The van der Waals surface area contributed by atoms with Crippen LogP contribution in [0.2, 0.25) is 0 Å². The molecular formula is C17H17BrF3NO6. The SMILES string of the molecule is COC(=O)c1cc(F)c(C(=O)C(Br)C[C@H]2CN(C(=O)OC)CCO2)c(F)c1F. The van der Waals surface area contributed by atoms with Gasteiger partial charge >= 0.3 is 12.1 Å². The third-order valence-electron chi connectivity index (χ3n) is 4.14. The maximum Gasteiger partial charge on any atom is 0.409 e. The molecule has 0 spiro atoms. The van der Waals surface area contributed by atoms with Gasteiger partial charge in [-0.2, -0.15) is 0 Å². The predicted octanol–water partition coefficient (Wildman–Crippen LogP) is 2.69. The van der Waals surface area contributed by atoms with Crippen molar-refractivity contribution in [3.05, 3.63) is 34.6 Å². The lowest BCUT2D eigenvalue weighted by molar-refractivity contribution is -0.0270. The Hall–Kier alpha value is -2.14. The van der Waals surface area contributed by atoms with Crippen molar-refractivity contribution in [3.8, 4) is 0 Å². The summed E-state index contributed by atoms with van der Waals surface area (Å²) in [5, 5.41) is 0. The zero-order valence-electron chi connectivity index (χ0n) is 15.0. The molecule has 0 saturated carbocycles. The van der Waals surface area contributed by atoms with E-state index in [-0.39, 0.29) is 19.6 Å². The number of halogens is 4. The van der Waals surface area contributed by atoms with Crippen LogP contribution in [0.25, 0.3) is 0 Å². The van der Waals surface area contributed by atoms with E-state index >= 15 is 0 Å². The molecule has 2 rings (SSSR count). The van der Waals surface area contributed by atoms with Crippen molar-refractivity contribution in [3.63, 3.8) is 0 Å². The lowest BCUT2D eigenvalue weighted by Crippen LogP contribution is -2.46. The van der Waals surface area contributed by atoms with Gasteiger partial charge in [0, 0.05) is 6.54 Å². The number of nitrogens with zero attached hydrogens (tertiary/aromatic N) is 1. The third kappa shape index (κ3) is 4.64. The Bertz CT molecular complexity index is 791. The van der Waals surface area contributed by atoms with Crippen LogP contribution in [0.15, 0.2) is 6.07 Å². The van der Waals surface area contributed by atoms with Crippen LogP contribution in [0.3, 0.4) is 0 Å². The molecule has 11 heteroatoms. The highest BCUT2D eigenvalue weighted by molar-refractivity contribution is 9.10. The Labute approximate surface area is 166 Å². The quantitative estimate of drug-likeness (QED) is 0.286. The minimum absolute atomic E-state index is 0.0361. The van der Waals surface area contributed by atoms with Crippen LogP contribution in [-0.2, 0) is 14.2 Å². The van der Waals surface area contributed by atoms with Gasteiger partial charge in [-0.25, -0.2) is 22.8 Å². The van der Waals surface area contributed by atoms with Gasteiger partial charge in [-0.1, -0.05) is 15.9 Å². The van der Waals surface area contributed by atoms with E-state index in [1.807, 2.05) is 0 Å². The molecule has 1 heterocycles. The molecule has 1 unspecified atom stereocenters. The molecule has 28 heavy (non-hydrogen) atoms. The number of methoxy groups -OCH3 is 2. The lowest BCUT2D eigenvalue weighted by Gasteiger charge is -2.32. The van der Waals surface area contributed by atoms with Gasteiger partial charge < -0.3 is 19.1 Å². The first kappa shape index (κ1) is 22.2. The van der Waals surface area contributed by atoms with Crippen molar-refractivity contribution < 1.29 is 41.8 Å². The Morgan fingerprint density at radius 1 is 1.25 bits per heavy atom. The van der Waals surface area contributed by atoms with E-state index in [1.165, 1.54) is 12.0 Å². The standard InChI is InChI=1S/C17H17BrF3NO6/c1-26-16(24)9-6-11(19)12(14(21)13(9)20)15(23)10(18)5-8-7-22(3-4-28-8)17(25)27-2/h6,8,10H,3-5,7H2,1-2H3/t8-,10?/m0/s1. The van der Waals surface area contributed by atoms with E-state index in [0.717, 1.165) is 7.11 Å². The zero-order chi connectivity index (χ0) is 21.0. The summed E-state index contributed by atoms with van der Waals surface area (Å²) in [6.07, 6.45) is -1.21. The van der Waals surface area contributed by atoms with Gasteiger partial charge in [0.1, 0.15) is 11.4 Å². The van der Waals surface area contributed by atoms with Crippen molar-refractivity contribution in [2.75, 3.05) is 33.9 Å². The van der Waals surface area contributed by atoms with Gasteiger partial charge in [-0.15, -0.1) is 0 Å². The number of rotatable bonds is 5. The number of hydrogen-bond donors (Lipinski definition) is 0. The molecule has 1 aliphatic rings. The van der Waals surface area contributed by atoms with Crippen LogP contribution in [0.5, 0.6) is 0 Å². The molecule has 2 atom stereocenters. The first-order valence-electron chi connectivity index (χ1n) is 8.09. The molecule has 0 aromatic heterocycles. The van der Waals surface area contributed by atoms with E-state index < -0.39 is 57.4 Å². The van der Waals surface area contributed by atoms with Crippen LogP contribution >= 0.6 is 15.9 Å². The monoisotopic (exact) mass is 467 g/mol. The van der Waals surface area contributed by atoms with Gasteiger partial charge in [-0.3, -0.25) is 4.79 Å². The molecule has 154 valence electrons. The van der Waals surface area contributed by atoms with E-state index in [2.05, 4.69) is 25.4 Å². The fourth-order valence-corrected chi connectivity index (χ4v) is 3.38. The first-order chi connectivity index (χ1) is 13.2. The van der Waals surface area contributed by atoms with Crippen molar-refractivity contribution in [2.45, 2.75) is 17.4 Å². The van der Waals surface area contributed by atoms with E-state index in [0.29, 0.717) is 12.6 Å². The Kier molecular flexibility index (Phi) is 7.41. The number of esters is 1. The number of carbonyl (C=O) groups is 3. The topological polar surface area (TPSA) is 82.1 Å². The molecule has 0 aliphatic carbocycles. The summed E-state index contributed by atoms with van der Waals surface area (Å²) in [6.45, 7) is 0.606. The summed E-state index contributed by atoms with van der Waals surface area (Å²) in [4.78, 5) is 35.7. The Morgan fingerprint density at radius 3 is 2.54 bits per heavy atom. The molecule has 0 bridgehead atoms. The smallest absolute Gasteiger partial charge is 0.409 e. The summed E-state index contributed by atoms with van der Waals surface area (Å²) in [5.74, 6) is -7.19. The number of ketones is 1. The second-order valence-corrected chi connectivity index (χ2v) is 6.98. The minimum atomic E-state index is -1.78. The van der Waals surface area contributed by atoms with E-state index in [4.69, 9.17) is 4.74 Å². The largest absolute Gasteiger partial charge is 0.465 e. The molecular weight excluding hydrogens is 451 g/mol. The van der Waals surface area contributed by atoms with Crippen molar-refractivity contribution >= 4 is 33.8 Å². The number of Topliss-reactive ketones (excluding diaryl/α,β-unsaturated/α-hetero) is 1. The first-order valence-corrected chi connectivity index (χ1v) is 9.01. The predicted molar refractivity (Wildman–Crippen MR) is 93.0 cm³/mol. The third-order valence-corrected chi connectivity index (χ3v) is 4.93. The highest BCUT2D eigenvalue weighted by Crippen LogP contribution is 2.26. The number of amides is 1. The van der Waals surface area contributed by atoms with Gasteiger partial charge in [0.2, 0.25) is 0 Å². The second kappa shape index (κ2) is 9.37. The Balaban J connectivity index is 2.18. The molecule has 7 nitrogen and oxygen atoms in total. The van der Waals surface area contributed by atoms with Gasteiger partial charge in [0.15, 0.2) is 17.4 Å². The molecule has 0 radical (unpaired) electrons. The normalized spacial score (nSPS) is 17.8. The van der Waals surface area contributed by atoms with Crippen LogP contribution < -0.4 is 0 Å². The van der Waals surface area contributed by atoms with Crippen molar-refractivity contribution in [1.82, 2.24) is 4.90 Å². The number of alkyl halides is 1. The fourth-order valence-electron chi connectivity index (χ4n) is 2.73. The van der Waals surface area contributed by atoms with Gasteiger partial charge in [0.05, 0.1) is 43.9 Å². The molecule has 1 aliphatic heterocycles. The number of morpholine rings is 1. The van der Waals surface area contributed by atoms with Crippen LogP contribution in [0.1, 0.15) is 27.1 Å². The zero-order valence-corrected chi connectivity index (χ0v) is 16.6. The lowest BCUT2D eigenvalue weighted by atomic mass is 10.0. The van der Waals surface area contributed by atoms with E-state index in [1.54, 1.807) is 0 Å². The molecule has 1 saturated heterocycles. The summed E-state index contributed by atoms with van der Waals surface area (Å²) >= 11 is 3.03. The van der Waals surface area contributed by atoms with Crippen LogP contribution in [-0.4, -0.2) is 67.6 Å². The maximum atomic E-state index is 14.3. The summed E-state index contributed by atoms with van der Waals surface area (Å²) in [5.41, 5.74) is -2.07. The molecule has 1 fully saturated rings. The van der Waals surface area contributed by atoms with Gasteiger partial charge in [-0.05, 0) is 12.5 Å². The van der Waals surface area contributed by atoms with Crippen molar-refractivity contribution in [1.29, 1.82) is 0 Å². The number of hydrogen-bond acceptors (Lipinski definition) is 6. The average molecular weight is 468 g/mol. The highest BCUT2D eigenvalue weighted by atomic mass is 79.9. The van der Waals surface area contributed by atoms with E-state index in [9.17, 15) is 27.6 Å². The molecule has 1 amide bonds. The summed E-state index contributed by atoms with van der Waals surface area (Å²) in [6, 6.07) is 0.410. The minimum Gasteiger partial charge on any atom is -0.465 e. The van der Waals surface area contributed by atoms with Crippen LogP contribution in [0, 0.1) is 17.5 Å². The van der Waals surface area contributed by atoms with Crippen LogP contribution in [0.4, 0.5) is 18.0 Å².